The van der Waals surface area contributed by atoms with Crippen molar-refractivity contribution in [3.63, 3.8) is 0 Å². The highest BCUT2D eigenvalue weighted by Crippen LogP contribution is 2.32. The van der Waals surface area contributed by atoms with E-state index in [1.165, 1.54) is 5.56 Å². The molecule has 0 spiro atoms. The average Bonchev–Trinajstić information content (AvgIpc) is 3.00. The molecule has 1 aliphatic heterocycles. The summed E-state index contributed by atoms with van der Waals surface area (Å²) in [6, 6.07) is 8.29. The van der Waals surface area contributed by atoms with Crippen molar-refractivity contribution in [1.29, 1.82) is 0 Å². The number of benzene rings is 1. The Balaban J connectivity index is 1.59. The van der Waals surface area contributed by atoms with Crippen molar-refractivity contribution in [3.05, 3.63) is 47.9 Å². The summed E-state index contributed by atoms with van der Waals surface area (Å²) < 4.78 is 28.1. The van der Waals surface area contributed by atoms with Crippen LogP contribution in [0.15, 0.2) is 36.8 Å². The molecule has 4 rings (SSSR count). The van der Waals surface area contributed by atoms with Gasteiger partial charge < -0.3 is 9.47 Å². The fourth-order valence-electron chi connectivity index (χ4n) is 3.65. The molecule has 0 aliphatic carbocycles. The molecule has 0 saturated carbocycles. The molecule has 5 nitrogen and oxygen atoms in total. The first kappa shape index (κ1) is 17.9. The summed E-state index contributed by atoms with van der Waals surface area (Å²) in [6.07, 6.45) is 4.45. The van der Waals surface area contributed by atoms with Crippen molar-refractivity contribution in [2.45, 2.75) is 25.8 Å². The van der Waals surface area contributed by atoms with Crippen molar-refractivity contribution in [1.82, 2.24) is 19.4 Å². The number of hydrogen-bond acceptors (Lipinski definition) is 4. The van der Waals surface area contributed by atoms with Gasteiger partial charge in [0, 0.05) is 26.3 Å². The first-order valence-electron chi connectivity index (χ1n) is 9.09. The van der Waals surface area contributed by atoms with E-state index in [-0.39, 0.29) is 13.1 Å². The SMILES string of the molecule is CCc1cc(CN2CC(F)(F)C2)ccc1N(C)c1cnc2ncn(C)c2c1. The number of hydrogen-bond donors (Lipinski definition) is 0. The summed E-state index contributed by atoms with van der Waals surface area (Å²) in [7, 11) is 3.97. The Hall–Kier alpha value is -2.54. The molecule has 1 saturated heterocycles. The Labute approximate surface area is 157 Å². The maximum absolute atomic E-state index is 13.0. The smallest absolute Gasteiger partial charge is 0.272 e. The molecule has 142 valence electrons. The maximum atomic E-state index is 13.0. The number of likely N-dealkylation sites (tertiary alicyclic amines) is 1. The molecule has 0 atom stereocenters. The molecule has 3 heterocycles. The van der Waals surface area contributed by atoms with Crippen LogP contribution < -0.4 is 4.90 Å². The topological polar surface area (TPSA) is 37.2 Å². The molecule has 7 heteroatoms. The Morgan fingerprint density at radius 1 is 1.19 bits per heavy atom. The molecule has 0 bridgehead atoms. The third-order valence-electron chi connectivity index (χ3n) is 5.16. The zero-order chi connectivity index (χ0) is 19.2. The molecule has 0 amide bonds. The summed E-state index contributed by atoms with van der Waals surface area (Å²) in [5.41, 5.74) is 6.04. The summed E-state index contributed by atoms with van der Waals surface area (Å²) in [5.74, 6) is -2.52. The Kier molecular flexibility index (Phi) is 4.34. The summed E-state index contributed by atoms with van der Waals surface area (Å²) in [4.78, 5) is 12.6. The lowest BCUT2D eigenvalue weighted by Gasteiger charge is -2.38. The molecule has 1 aliphatic rings. The fourth-order valence-corrected chi connectivity index (χ4v) is 3.65. The van der Waals surface area contributed by atoms with E-state index in [0.717, 1.165) is 34.5 Å². The van der Waals surface area contributed by atoms with Gasteiger partial charge in [0.15, 0.2) is 5.65 Å². The van der Waals surface area contributed by atoms with Crippen LogP contribution in [0.4, 0.5) is 20.2 Å². The van der Waals surface area contributed by atoms with Crippen LogP contribution in [0.25, 0.3) is 11.2 Å². The summed E-state index contributed by atoms with van der Waals surface area (Å²) in [6.45, 7) is 2.38. The molecular weight excluding hydrogens is 348 g/mol. The van der Waals surface area contributed by atoms with Gasteiger partial charge in [-0.2, -0.15) is 0 Å². The lowest BCUT2D eigenvalue weighted by atomic mass is 10.0. The van der Waals surface area contributed by atoms with Crippen LogP contribution in [0.3, 0.4) is 0 Å². The van der Waals surface area contributed by atoms with Crippen LogP contribution in [0.2, 0.25) is 0 Å². The molecule has 0 unspecified atom stereocenters. The number of anilines is 2. The first-order valence-corrected chi connectivity index (χ1v) is 9.09. The van der Waals surface area contributed by atoms with E-state index in [1.807, 2.05) is 30.9 Å². The second kappa shape index (κ2) is 6.56. The molecule has 1 aromatic carbocycles. The molecule has 3 aromatic rings. The van der Waals surface area contributed by atoms with Crippen LogP contribution in [-0.4, -0.2) is 45.5 Å². The van der Waals surface area contributed by atoms with Crippen molar-refractivity contribution in [2.24, 2.45) is 7.05 Å². The molecule has 2 aromatic heterocycles. The quantitative estimate of drug-likeness (QED) is 0.685. The largest absolute Gasteiger partial charge is 0.343 e. The Morgan fingerprint density at radius 3 is 2.67 bits per heavy atom. The van der Waals surface area contributed by atoms with Gasteiger partial charge in [0.25, 0.3) is 5.92 Å². The number of halogens is 2. The molecule has 0 N–H and O–H groups in total. The second-order valence-corrected chi connectivity index (χ2v) is 7.27. The zero-order valence-corrected chi connectivity index (χ0v) is 15.8. The van der Waals surface area contributed by atoms with Gasteiger partial charge in [0.2, 0.25) is 0 Å². The number of fused-ring (bicyclic) bond motifs is 1. The summed E-state index contributed by atoms with van der Waals surface area (Å²) >= 11 is 0. The Bertz CT molecular complexity index is 974. The molecule has 27 heavy (non-hydrogen) atoms. The van der Waals surface area contributed by atoms with E-state index >= 15 is 0 Å². The predicted octanol–water partition coefficient (Wildman–Crippen LogP) is 3.75. The monoisotopic (exact) mass is 371 g/mol. The summed E-state index contributed by atoms with van der Waals surface area (Å²) in [5, 5.41) is 0. The predicted molar refractivity (Wildman–Crippen MR) is 103 cm³/mol. The van der Waals surface area contributed by atoms with E-state index in [9.17, 15) is 8.78 Å². The molecule has 1 fully saturated rings. The van der Waals surface area contributed by atoms with E-state index < -0.39 is 5.92 Å². The van der Waals surface area contributed by atoms with Gasteiger partial charge in [-0.3, -0.25) is 4.90 Å². The minimum absolute atomic E-state index is 0.146. The second-order valence-electron chi connectivity index (χ2n) is 7.27. The van der Waals surface area contributed by atoms with Crippen LogP contribution in [0, 0.1) is 0 Å². The van der Waals surface area contributed by atoms with Gasteiger partial charge in [-0.05, 0) is 29.7 Å². The standard InChI is InChI=1S/C20H23F2N5/c1-4-15-7-14(10-27-11-20(21,22)12-27)5-6-17(15)26(3)16-8-18-19(23-9-16)24-13-25(18)2/h5-9,13H,4,10-12H2,1-3H3. The number of rotatable bonds is 5. The van der Waals surface area contributed by atoms with E-state index in [2.05, 4.69) is 40.0 Å². The molecule has 0 radical (unpaired) electrons. The van der Waals surface area contributed by atoms with E-state index in [0.29, 0.717) is 6.54 Å². The number of nitrogens with zero attached hydrogens (tertiary/aromatic N) is 5. The average molecular weight is 371 g/mol. The van der Waals surface area contributed by atoms with Crippen LogP contribution in [-0.2, 0) is 20.0 Å². The number of aryl methyl sites for hydroxylation is 2. The number of imidazole rings is 1. The minimum Gasteiger partial charge on any atom is -0.343 e. The normalized spacial score (nSPS) is 16.5. The fraction of sp³-hybridized carbons (Fsp3) is 0.400. The highest BCUT2D eigenvalue weighted by Gasteiger charge is 2.43. The van der Waals surface area contributed by atoms with Crippen LogP contribution in [0.1, 0.15) is 18.1 Å². The molecular formula is C20H23F2N5. The van der Waals surface area contributed by atoms with Gasteiger partial charge in [0.1, 0.15) is 0 Å². The van der Waals surface area contributed by atoms with Gasteiger partial charge in [-0.1, -0.05) is 19.1 Å². The highest BCUT2D eigenvalue weighted by atomic mass is 19.3. The van der Waals surface area contributed by atoms with Crippen molar-refractivity contribution < 1.29 is 8.78 Å². The highest BCUT2D eigenvalue weighted by molar-refractivity contribution is 5.78. The van der Waals surface area contributed by atoms with Gasteiger partial charge in [-0.15, -0.1) is 0 Å². The van der Waals surface area contributed by atoms with Crippen molar-refractivity contribution in [2.75, 3.05) is 25.0 Å². The van der Waals surface area contributed by atoms with Crippen LogP contribution >= 0.6 is 0 Å². The third-order valence-corrected chi connectivity index (χ3v) is 5.16. The van der Waals surface area contributed by atoms with Crippen molar-refractivity contribution >= 4 is 22.5 Å². The van der Waals surface area contributed by atoms with Gasteiger partial charge >= 0.3 is 0 Å². The zero-order valence-electron chi connectivity index (χ0n) is 15.8. The van der Waals surface area contributed by atoms with E-state index in [1.54, 1.807) is 11.2 Å². The lowest BCUT2D eigenvalue weighted by Crippen LogP contribution is -2.55. The Morgan fingerprint density at radius 2 is 1.96 bits per heavy atom. The number of pyridine rings is 1. The number of alkyl halides is 2. The lowest BCUT2D eigenvalue weighted by molar-refractivity contribution is -0.133. The first-order chi connectivity index (χ1) is 12.9. The van der Waals surface area contributed by atoms with E-state index in [4.69, 9.17) is 0 Å². The van der Waals surface area contributed by atoms with Crippen LogP contribution in [0.5, 0.6) is 0 Å². The van der Waals surface area contributed by atoms with Gasteiger partial charge in [-0.25, -0.2) is 18.7 Å². The maximum Gasteiger partial charge on any atom is 0.272 e. The van der Waals surface area contributed by atoms with Gasteiger partial charge in [0.05, 0.1) is 36.8 Å². The van der Waals surface area contributed by atoms with Crippen molar-refractivity contribution in [3.8, 4) is 0 Å². The number of aromatic nitrogens is 3. The third kappa shape index (κ3) is 3.39. The minimum atomic E-state index is -2.52.